The van der Waals surface area contributed by atoms with E-state index >= 15 is 0 Å². The first-order valence-corrected chi connectivity index (χ1v) is 8.57. The lowest BCUT2D eigenvalue weighted by atomic mass is 10.1. The second kappa shape index (κ2) is 7.74. The highest BCUT2D eigenvalue weighted by Crippen LogP contribution is 2.44. The molecule has 0 unspecified atom stereocenters. The Morgan fingerprint density at radius 2 is 2.00 bits per heavy atom. The molecule has 7 heteroatoms. The van der Waals surface area contributed by atoms with Crippen molar-refractivity contribution in [3.63, 3.8) is 0 Å². The molecule has 0 spiro atoms. The number of aromatic carboxylic acids is 1. The minimum atomic E-state index is -1.13. The number of ether oxygens (including phenoxy) is 3. The van der Waals surface area contributed by atoms with E-state index in [1.165, 1.54) is 7.11 Å². The predicted octanol–water partition coefficient (Wildman–Crippen LogP) is 3.50. The van der Waals surface area contributed by atoms with E-state index in [9.17, 15) is 9.90 Å². The van der Waals surface area contributed by atoms with Crippen LogP contribution in [0.2, 0.25) is 5.02 Å². The van der Waals surface area contributed by atoms with Crippen molar-refractivity contribution in [3.05, 3.63) is 46.5 Å². The Labute approximate surface area is 156 Å². The number of methoxy groups -OCH3 is 2. The maximum absolute atomic E-state index is 11.7. The van der Waals surface area contributed by atoms with Crippen LogP contribution in [0.4, 0.5) is 5.69 Å². The number of hydrogen-bond acceptors (Lipinski definition) is 5. The first-order valence-electron chi connectivity index (χ1n) is 8.19. The second-order valence-corrected chi connectivity index (χ2v) is 6.26. The zero-order chi connectivity index (χ0) is 18.7. The average Bonchev–Trinajstić information content (AvgIpc) is 2.65. The van der Waals surface area contributed by atoms with E-state index in [0.717, 1.165) is 17.7 Å². The van der Waals surface area contributed by atoms with Gasteiger partial charge < -0.3 is 24.2 Å². The van der Waals surface area contributed by atoms with Crippen LogP contribution in [0.15, 0.2) is 30.3 Å². The lowest BCUT2D eigenvalue weighted by molar-refractivity contribution is 0.0688. The van der Waals surface area contributed by atoms with E-state index < -0.39 is 5.97 Å². The van der Waals surface area contributed by atoms with E-state index in [1.54, 1.807) is 13.2 Å². The summed E-state index contributed by atoms with van der Waals surface area (Å²) in [4.78, 5) is 13.8. The molecular weight excluding hydrogens is 358 g/mol. The second-order valence-electron chi connectivity index (χ2n) is 5.85. The van der Waals surface area contributed by atoms with Crippen molar-refractivity contribution in [2.45, 2.75) is 6.42 Å². The highest BCUT2D eigenvalue weighted by molar-refractivity contribution is 6.33. The Kier molecular flexibility index (Phi) is 5.42. The van der Waals surface area contributed by atoms with E-state index in [2.05, 4.69) is 4.90 Å². The molecule has 1 aliphatic rings. The van der Waals surface area contributed by atoms with Gasteiger partial charge >= 0.3 is 5.97 Å². The highest BCUT2D eigenvalue weighted by Gasteiger charge is 2.29. The number of halogens is 1. The van der Waals surface area contributed by atoms with Gasteiger partial charge in [-0.05, 0) is 30.2 Å². The quantitative estimate of drug-likeness (QED) is 0.831. The summed E-state index contributed by atoms with van der Waals surface area (Å²) < 4.78 is 16.0. The van der Waals surface area contributed by atoms with E-state index in [-0.39, 0.29) is 16.3 Å². The third kappa shape index (κ3) is 3.51. The van der Waals surface area contributed by atoms with Crippen LogP contribution in [0.25, 0.3) is 0 Å². The molecule has 6 nitrogen and oxygen atoms in total. The third-order valence-electron chi connectivity index (χ3n) is 4.36. The fraction of sp³-hybridized carbons (Fsp3) is 0.316. The van der Waals surface area contributed by atoms with Crippen molar-refractivity contribution in [2.24, 2.45) is 0 Å². The molecule has 0 aliphatic carbocycles. The number of carbonyl (C=O) groups is 1. The molecule has 0 aromatic heterocycles. The molecule has 3 rings (SSSR count). The summed E-state index contributed by atoms with van der Waals surface area (Å²) in [5, 5.41) is 9.83. The van der Waals surface area contributed by atoms with Crippen LogP contribution in [0.1, 0.15) is 15.9 Å². The fourth-order valence-corrected chi connectivity index (χ4v) is 3.32. The van der Waals surface area contributed by atoms with Gasteiger partial charge in [-0.15, -0.1) is 0 Å². The normalized spacial score (nSPS) is 13.0. The summed E-state index contributed by atoms with van der Waals surface area (Å²) >= 11 is 6.24. The van der Waals surface area contributed by atoms with Crippen molar-refractivity contribution in [1.82, 2.24) is 0 Å². The van der Waals surface area contributed by atoms with Crippen LogP contribution in [0, 0.1) is 0 Å². The molecule has 2 aromatic rings. The topological polar surface area (TPSA) is 68.2 Å². The lowest BCUT2D eigenvalue weighted by Gasteiger charge is -2.32. The van der Waals surface area contributed by atoms with Gasteiger partial charge in [0.25, 0.3) is 0 Å². The molecule has 0 amide bonds. The molecule has 0 bridgehead atoms. The Hall–Kier alpha value is -2.60. The Morgan fingerprint density at radius 1 is 1.27 bits per heavy atom. The number of carboxylic acids is 1. The number of carboxylic acid groups (broad SMARTS) is 1. The smallest absolute Gasteiger partial charge is 0.343 e. The van der Waals surface area contributed by atoms with Crippen LogP contribution in [-0.4, -0.2) is 45.0 Å². The molecule has 1 N–H and O–H groups in total. The van der Waals surface area contributed by atoms with Crippen molar-refractivity contribution >= 4 is 23.3 Å². The Balaban J connectivity index is 1.87. The predicted molar refractivity (Wildman–Crippen MR) is 99.4 cm³/mol. The highest BCUT2D eigenvalue weighted by atomic mass is 35.5. The maximum atomic E-state index is 11.7. The van der Waals surface area contributed by atoms with Gasteiger partial charge in [0.15, 0.2) is 11.5 Å². The SMILES string of the molecule is COc1ccc(CCN2CCOc3c2cc(Cl)c(OC)c3C(=O)O)cc1. The van der Waals surface area contributed by atoms with E-state index in [0.29, 0.717) is 31.1 Å². The van der Waals surface area contributed by atoms with Gasteiger partial charge in [-0.25, -0.2) is 4.79 Å². The molecule has 1 aliphatic heterocycles. The number of benzene rings is 2. The summed E-state index contributed by atoms with van der Waals surface area (Å²) in [7, 11) is 3.03. The zero-order valence-corrected chi connectivity index (χ0v) is 15.4. The largest absolute Gasteiger partial charge is 0.497 e. The first-order chi connectivity index (χ1) is 12.5. The molecule has 2 aromatic carbocycles. The van der Waals surface area contributed by atoms with Crippen molar-refractivity contribution in [1.29, 1.82) is 0 Å². The molecule has 1 heterocycles. The molecular formula is C19H20ClNO5. The molecule has 0 saturated carbocycles. The number of hydrogen-bond donors (Lipinski definition) is 1. The summed E-state index contributed by atoms with van der Waals surface area (Å²) in [6.07, 6.45) is 0.801. The average molecular weight is 378 g/mol. The standard InChI is InChI=1S/C19H20ClNO5/c1-24-13-5-3-12(4-6-13)7-8-21-9-10-26-18-15(21)11-14(20)17(25-2)16(18)19(22)23/h3-6,11H,7-10H2,1-2H3,(H,22,23). The van der Waals surface area contributed by atoms with Gasteiger partial charge in [0.2, 0.25) is 0 Å². The number of rotatable bonds is 6. The molecule has 0 saturated heterocycles. The fourth-order valence-electron chi connectivity index (χ4n) is 3.04. The lowest BCUT2D eigenvalue weighted by Crippen LogP contribution is -2.35. The Morgan fingerprint density at radius 3 is 2.62 bits per heavy atom. The number of nitrogens with zero attached hydrogens (tertiary/aromatic N) is 1. The minimum Gasteiger partial charge on any atom is -0.497 e. The van der Waals surface area contributed by atoms with Crippen molar-refractivity contribution in [2.75, 3.05) is 38.8 Å². The summed E-state index contributed by atoms with van der Waals surface area (Å²) in [5.41, 5.74) is 1.80. The van der Waals surface area contributed by atoms with Crippen molar-refractivity contribution < 1.29 is 24.1 Å². The van der Waals surface area contributed by atoms with Gasteiger partial charge in [-0.2, -0.15) is 0 Å². The minimum absolute atomic E-state index is 0.0378. The number of anilines is 1. The van der Waals surface area contributed by atoms with Gasteiger partial charge in [0.1, 0.15) is 17.9 Å². The Bertz CT molecular complexity index is 807. The van der Waals surface area contributed by atoms with Crippen LogP contribution in [0.5, 0.6) is 17.2 Å². The van der Waals surface area contributed by atoms with Gasteiger partial charge in [0.05, 0.1) is 31.5 Å². The van der Waals surface area contributed by atoms with E-state index in [1.807, 2.05) is 24.3 Å². The first kappa shape index (κ1) is 18.2. The zero-order valence-electron chi connectivity index (χ0n) is 14.6. The third-order valence-corrected chi connectivity index (χ3v) is 4.64. The van der Waals surface area contributed by atoms with Gasteiger partial charge in [-0.3, -0.25) is 0 Å². The molecule has 0 radical (unpaired) electrons. The van der Waals surface area contributed by atoms with Crippen LogP contribution >= 0.6 is 11.6 Å². The van der Waals surface area contributed by atoms with Crippen LogP contribution in [0.3, 0.4) is 0 Å². The van der Waals surface area contributed by atoms with E-state index in [4.69, 9.17) is 25.8 Å². The van der Waals surface area contributed by atoms with Crippen LogP contribution in [-0.2, 0) is 6.42 Å². The molecule has 138 valence electrons. The van der Waals surface area contributed by atoms with Crippen molar-refractivity contribution in [3.8, 4) is 17.2 Å². The number of fused-ring (bicyclic) bond motifs is 1. The maximum Gasteiger partial charge on any atom is 0.343 e. The van der Waals surface area contributed by atoms with Gasteiger partial charge in [0, 0.05) is 6.54 Å². The molecule has 0 fully saturated rings. The summed E-state index contributed by atoms with van der Waals surface area (Å²) in [6.45, 7) is 1.77. The summed E-state index contributed by atoms with van der Waals surface area (Å²) in [6, 6.07) is 9.59. The monoisotopic (exact) mass is 377 g/mol. The van der Waals surface area contributed by atoms with Crippen LogP contribution < -0.4 is 19.1 Å². The summed E-state index contributed by atoms with van der Waals surface area (Å²) in [5.74, 6) is 0.114. The molecule has 26 heavy (non-hydrogen) atoms. The van der Waals surface area contributed by atoms with Gasteiger partial charge in [-0.1, -0.05) is 23.7 Å². The molecule has 0 atom stereocenters.